The Morgan fingerprint density at radius 3 is 0.826 bits per heavy atom. The minimum absolute atomic E-state index is 0. The molecular weight excluding hydrogens is 382 g/mol. The van der Waals surface area contributed by atoms with E-state index in [1.54, 1.807) is 0 Å². The third kappa shape index (κ3) is 18.6. The number of hydrogen-bond acceptors (Lipinski definition) is 6. The smallest absolute Gasteiger partial charge is 0.317 e. The van der Waals surface area contributed by atoms with E-state index >= 15 is 0 Å². The summed E-state index contributed by atoms with van der Waals surface area (Å²) in [5, 5.41) is 34.5. The lowest BCUT2D eigenvalue weighted by Crippen LogP contribution is -2.43. The molecule has 0 saturated heterocycles. The zero-order valence-electron chi connectivity index (χ0n) is 11.8. The van der Waals surface area contributed by atoms with Crippen LogP contribution >= 0.6 is 37.2 Å². The Hall–Kier alpha value is -1.33. The van der Waals surface area contributed by atoms with Gasteiger partial charge >= 0.3 is 23.9 Å². The van der Waals surface area contributed by atoms with E-state index in [1.165, 1.54) is 0 Å². The summed E-state index contributed by atoms with van der Waals surface area (Å²) >= 11 is 0. The van der Waals surface area contributed by atoms with Gasteiger partial charge in [-0.25, -0.2) is 0 Å². The molecule has 0 aromatic carbocycles. The van der Waals surface area contributed by atoms with E-state index in [9.17, 15) is 19.2 Å². The molecule has 0 aliphatic heterocycles. The summed E-state index contributed by atoms with van der Waals surface area (Å²) in [5.74, 6) is -4.91. The summed E-state index contributed by atoms with van der Waals surface area (Å²) in [6.45, 7) is -2.25. The molecule has 0 aliphatic carbocycles. The lowest BCUT2D eigenvalue weighted by atomic mass is 10.4. The maximum Gasteiger partial charge on any atom is 0.317 e. The van der Waals surface area contributed by atoms with Crippen LogP contribution in [0.4, 0.5) is 0 Å². The van der Waals surface area contributed by atoms with Crippen LogP contribution < -0.4 is 0 Å². The van der Waals surface area contributed by atoms with Gasteiger partial charge in [-0.15, -0.1) is 37.2 Å². The van der Waals surface area contributed by atoms with Crippen LogP contribution in [0, 0.1) is 0 Å². The monoisotopic (exact) mass is 400 g/mol. The van der Waals surface area contributed by atoms with Gasteiger partial charge in [0, 0.05) is 13.1 Å². The van der Waals surface area contributed by atoms with Gasteiger partial charge in [0.25, 0.3) is 0 Å². The highest BCUT2D eigenvalue weighted by Crippen LogP contribution is 1.94. The number of rotatable bonds is 11. The molecule has 23 heavy (non-hydrogen) atoms. The zero-order valence-corrected chi connectivity index (χ0v) is 14.2. The van der Waals surface area contributed by atoms with E-state index in [1.807, 2.05) is 0 Å². The van der Waals surface area contributed by atoms with Crippen molar-refractivity contribution in [2.45, 2.75) is 0 Å². The molecule has 0 fully saturated rings. The molecular formula is C10H19Cl3N2O8. The van der Waals surface area contributed by atoms with Crippen molar-refractivity contribution in [2.75, 3.05) is 39.3 Å². The quantitative estimate of drug-likeness (QED) is 0.345. The molecule has 0 atom stereocenters. The topological polar surface area (TPSA) is 156 Å². The second kappa shape index (κ2) is 15.6. The van der Waals surface area contributed by atoms with E-state index in [0.29, 0.717) is 0 Å². The largest absolute Gasteiger partial charge is 0.480 e. The average molecular weight is 402 g/mol. The van der Waals surface area contributed by atoms with Gasteiger partial charge < -0.3 is 20.4 Å². The van der Waals surface area contributed by atoms with E-state index in [2.05, 4.69) is 0 Å². The fourth-order valence-electron chi connectivity index (χ4n) is 1.48. The van der Waals surface area contributed by atoms with Crippen molar-refractivity contribution in [1.82, 2.24) is 9.80 Å². The maximum atomic E-state index is 10.6. The van der Waals surface area contributed by atoms with Crippen LogP contribution in [0.2, 0.25) is 0 Å². The Labute approximate surface area is 150 Å². The van der Waals surface area contributed by atoms with Gasteiger partial charge in [0.1, 0.15) is 0 Å². The highest BCUT2D eigenvalue weighted by Gasteiger charge is 2.17. The first-order chi connectivity index (χ1) is 9.20. The van der Waals surface area contributed by atoms with Crippen molar-refractivity contribution in [3.63, 3.8) is 0 Å². The van der Waals surface area contributed by atoms with Crippen LogP contribution in [0.3, 0.4) is 0 Å². The van der Waals surface area contributed by atoms with E-state index in [0.717, 1.165) is 9.80 Å². The molecule has 0 aromatic rings. The predicted octanol–water partition coefficient (Wildman–Crippen LogP) is -0.806. The van der Waals surface area contributed by atoms with Crippen LogP contribution in [0.1, 0.15) is 0 Å². The molecule has 4 N–H and O–H groups in total. The second-order valence-corrected chi connectivity index (χ2v) is 4.00. The molecule has 0 unspecified atom stereocenters. The first-order valence-electron chi connectivity index (χ1n) is 5.52. The minimum atomic E-state index is -1.23. The molecule has 13 heteroatoms. The van der Waals surface area contributed by atoms with Gasteiger partial charge in [-0.05, 0) is 0 Å². The lowest BCUT2D eigenvalue weighted by molar-refractivity contribution is -0.145. The first kappa shape index (κ1) is 29.7. The van der Waals surface area contributed by atoms with Gasteiger partial charge in [0.2, 0.25) is 0 Å². The molecule has 0 aromatic heterocycles. The summed E-state index contributed by atoms with van der Waals surface area (Å²) in [7, 11) is 0. The minimum Gasteiger partial charge on any atom is -0.480 e. The van der Waals surface area contributed by atoms with E-state index < -0.39 is 50.1 Å². The summed E-state index contributed by atoms with van der Waals surface area (Å²) in [6, 6.07) is 0. The van der Waals surface area contributed by atoms with Crippen molar-refractivity contribution >= 4 is 61.1 Å². The summed E-state index contributed by atoms with van der Waals surface area (Å²) < 4.78 is 0. The molecule has 0 radical (unpaired) electrons. The van der Waals surface area contributed by atoms with Crippen molar-refractivity contribution in [2.24, 2.45) is 0 Å². The molecule has 0 amide bonds. The van der Waals surface area contributed by atoms with Gasteiger partial charge in [-0.3, -0.25) is 29.0 Å². The molecule has 0 saturated carbocycles. The van der Waals surface area contributed by atoms with Crippen LogP contribution in [-0.2, 0) is 19.2 Å². The number of halogens is 3. The van der Waals surface area contributed by atoms with Crippen molar-refractivity contribution in [1.29, 1.82) is 0 Å². The zero-order chi connectivity index (χ0) is 15.7. The highest BCUT2D eigenvalue weighted by molar-refractivity contribution is 5.86. The number of carboxylic acids is 4. The Kier molecular flexibility index (Phi) is 20.1. The Balaban J connectivity index is -0.000000602. The standard InChI is InChI=1S/C10H16N2O8.3ClH/c13-7(14)3-11(4-8(15)16)1-2-12(5-9(17)18)6-10(19)20;;;/h1-6H2,(H,13,14)(H,15,16)(H,17,18)(H,19,20);3*1H. The number of nitrogens with zero attached hydrogens (tertiary/aromatic N) is 2. The fourth-order valence-corrected chi connectivity index (χ4v) is 1.48. The third-order valence-electron chi connectivity index (χ3n) is 2.17. The first-order valence-corrected chi connectivity index (χ1v) is 5.52. The van der Waals surface area contributed by atoms with E-state index in [4.69, 9.17) is 20.4 Å². The third-order valence-corrected chi connectivity index (χ3v) is 2.17. The number of carboxylic acid groups (broad SMARTS) is 4. The van der Waals surface area contributed by atoms with Gasteiger partial charge in [0.05, 0.1) is 26.2 Å². The van der Waals surface area contributed by atoms with Crippen LogP contribution in [0.25, 0.3) is 0 Å². The molecule has 138 valence electrons. The molecule has 0 bridgehead atoms. The van der Waals surface area contributed by atoms with Crippen LogP contribution in [0.5, 0.6) is 0 Å². The second-order valence-electron chi connectivity index (χ2n) is 4.00. The maximum absolute atomic E-state index is 10.6. The van der Waals surface area contributed by atoms with Crippen LogP contribution in [0.15, 0.2) is 0 Å². The Morgan fingerprint density at radius 1 is 0.522 bits per heavy atom. The fraction of sp³-hybridized carbons (Fsp3) is 0.600. The average Bonchev–Trinajstić information content (AvgIpc) is 2.22. The van der Waals surface area contributed by atoms with E-state index in [-0.39, 0.29) is 50.3 Å². The van der Waals surface area contributed by atoms with Gasteiger partial charge in [-0.2, -0.15) is 0 Å². The predicted molar refractivity (Wildman–Crippen MR) is 85.2 cm³/mol. The van der Waals surface area contributed by atoms with Gasteiger partial charge in [-0.1, -0.05) is 0 Å². The van der Waals surface area contributed by atoms with Crippen molar-refractivity contribution < 1.29 is 39.6 Å². The summed E-state index contributed by atoms with van der Waals surface area (Å²) in [5.41, 5.74) is 0. The van der Waals surface area contributed by atoms with Crippen LogP contribution in [-0.4, -0.2) is 93.4 Å². The molecule has 0 spiro atoms. The Bertz CT molecular complexity index is 328. The molecule has 10 nitrogen and oxygen atoms in total. The molecule has 0 heterocycles. The molecule has 0 rings (SSSR count). The summed E-state index contributed by atoms with van der Waals surface area (Å²) in [4.78, 5) is 44.4. The SMILES string of the molecule is Cl.Cl.Cl.O=C(O)CN(CCN(CC(=O)O)CC(=O)O)CC(=O)O. The highest BCUT2D eigenvalue weighted by atomic mass is 35.5. The van der Waals surface area contributed by atoms with Crippen molar-refractivity contribution in [3.8, 4) is 0 Å². The number of carbonyl (C=O) groups is 4. The van der Waals surface area contributed by atoms with Crippen molar-refractivity contribution in [3.05, 3.63) is 0 Å². The Morgan fingerprint density at radius 2 is 0.696 bits per heavy atom. The summed E-state index contributed by atoms with van der Waals surface area (Å²) in [6.07, 6.45) is 0. The molecule has 0 aliphatic rings. The number of aliphatic carboxylic acids is 4. The lowest BCUT2D eigenvalue weighted by Gasteiger charge is -2.23. The number of hydrogen-bond donors (Lipinski definition) is 4. The van der Waals surface area contributed by atoms with Gasteiger partial charge in [0.15, 0.2) is 0 Å². The normalized spacial score (nSPS) is 9.30.